The standard InChI is InChI=1S/C17H21NO/c1-3-4-12-5-7-16-13(9-12)10-14-11-15(19-2)6-8-17(14)18-16/h6,8,10-12H,3-5,7,9H2,1-2H3/t12-/m0/s1. The number of hydrogen-bond donors (Lipinski definition) is 0. The summed E-state index contributed by atoms with van der Waals surface area (Å²) < 4.78 is 5.30. The predicted octanol–water partition coefficient (Wildman–Crippen LogP) is 4.15. The molecule has 0 fully saturated rings. The monoisotopic (exact) mass is 255 g/mol. The minimum atomic E-state index is 0.849. The van der Waals surface area contributed by atoms with E-state index in [-0.39, 0.29) is 0 Å². The van der Waals surface area contributed by atoms with Gasteiger partial charge in [-0.05, 0) is 55.0 Å². The maximum absolute atomic E-state index is 5.30. The summed E-state index contributed by atoms with van der Waals surface area (Å²) in [7, 11) is 1.71. The van der Waals surface area contributed by atoms with Crippen LogP contribution in [0.15, 0.2) is 24.3 Å². The molecule has 100 valence electrons. The molecule has 0 radical (unpaired) electrons. The van der Waals surface area contributed by atoms with Crippen LogP contribution in [0.2, 0.25) is 0 Å². The molecule has 1 heterocycles. The summed E-state index contributed by atoms with van der Waals surface area (Å²) in [6.07, 6.45) is 6.27. The van der Waals surface area contributed by atoms with Crippen LogP contribution in [-0.2, 0) is 12.8 Å². The average molecular weight is 255 g/mol. The largest absolute Gasteiger partial charge is 0.497 e. The number of ether oxygens (including phenoxy) is 1. The number of nitrogens with zero attached hydrogens (tertiary/aromatic N) is 1. The summed E-state index contributed by atoms with van der Waals surface area (Å²) in [5.41, 5.74) is 3.85. The van der Waals surface area contributed by atoms with Crippen LogP contribution in [0, 0.1) is 5.92 Å². The van der Waals surface area contributed by atoms with E-state index in [0.717, 1.165) is 23.6 Å². The molecule has 0 saturated heterocycles. The maximum atomic E-state index is 5.30. The van der Waals surface area contributed by atoms with Gasteiger partial charge in [-0.15, -0.1) is 0 Å². The van der Waals surface area contributed by atoms with E-state index in [1.807, 2.05) is 6.07 Å². The molecule has 0 unspecified atom stereocenters. The first-order valence-electron chi connectivity index (χ1n) is 7.26. The fraction of sp³-hybridized carbons (Fsp3) is 0.471. The molecule has 2 heteroatoms. The molecule has 0 saturated carbocycles. The van der Waals surface area contributed by atoms with Gasteiger partial charge in [0.05, 0.1) is 12.6 Å². The Kier molecular flexibility index (Phi) is 3.41. The number of aromatic nitrogens is 1. The number of fused-ring (bicyclic) bond motifs is 2. The van der Waals surface area contributed by atoms with Gasteiger partial charge in [0.25, 0.3) is 0 Å². The van der Waals surface area contributed by atoms with Gasteiger partial charge in [-0.2, -0.15) is 0 Å². The van der Waals surface area contributed by atoms with Crippen molar-refractivity contribution in [1.82, 2.24) is 4.98 Å². The van der Waals surface area contributed by atoms with Crippen molar-refractivity contribution in [2.75, 3.05) is 7.11 Å². The van der Waals surface area contributed by atoms with E-state index in [4.69, 9.17) is 9.72 Å². The van der Waals surface area contributed by atoms with E-state index >= 15 is 0 Å². The second kappa shape index (κ2) is 5.20. The Hall–Kier alpha value is -1.57. The summed E-state index contributed by atoms with van der Waals surface area (Å²) in [6, 6.07) is 8.46. The van der Waals surface area contributed by atoms with E-state index < -0.39 is 0 Å². The highest BCUT2D eigenvalue weighted by molar-refractivity contribution is 5.81. The Morgan fingerprint density at radius 2 is 2.21 bits per heavy atom. The Balaban J connectivity index is 1.99. The van der Waals surface area contributed by atoms with Crippen LogP contribution in [0.4, 0.5) is 0 Å². The van der Waals surface area contributed by atoms with Crippen molar-refractivity contribution < 1.29 is 4.74 Å². The van der Waals surface area contributed by atoms with Crippen LogP contribution in [0.1, 0.15) is 37.4 Å². The summed E-state index contributed by atoms with van der Waals surface area (Å²) in [6.45, 7) is 2.28. The van der Waals surface area contributed by atoms with E-state index in [0.29, 0.717) is 0 Å². The van der Waals surface area contributed by atoms with Gasteiger partial charge in [0, 0.05) is 11.1 Å². The van der Waals surface area contributed by atoms with Crippen LogP contribution in [-0.4, -0.2) is 12.1 Å². The highest BCUT2D eigenvalue weighted by Gasteiger charge is 2.19. The van der Waals surface area contributed by atoms with E-state index in [9.17, 15) is 0 Å². The molecular weight excluding hydrogens is 234 g/mol. The zero-order valence-electron chi connectivity index (χ0n) is 11.8. The van der Waals surface area contributed by atoms with Crippen molar-refractivity contribution in [1.29, 1.82) is 0 Å². The minimum Gasteiger partial charge on any atom is -0.497 e. The Morgan fingerprint density at radius 1 is 1.32 bits per heavy atom. The van der Waals surface area contributed by atoms with Crippen LogP contribution in [0.25, 0.3) is 10.9 Å². The van der Waals surface area contributed by atoms with Gasteiger partial charge >= 0.3 is 0 Å². The lowest BCUT2D eigenvalue weighted by atomic mass is 9.83. The smallest absolute Gasteiger partial charge is 0.119 e. The molecular formula is C17H21NO. The molecule has 0 amide bonds. The average Bonchev–Trinajstić information content (AvgIpc) is 2.45. The molecule has 0 N–H and O–H groups in total. The number of methoxy groups -OCH3 is 1. The first-order chi connectivity index (χ1) is 9.30. The number of benzene rings is 1. The molecule has 0 bridgehead atoms. The zero-order valence-corrected chi connectivity index (χ0v) is 11.8. The van der Waals surface area contributed by atoms with Crippen LogP contribution < -0.4 is 4.74 Å². The number of pyridine rings is 1. The van der Waals surface area contributed by atoms with Gasteiger partial charge in [-0.3, -0.25) is 4.98 Å². The van der Waals surface area contributed by atoms with Crippen molar-refractivity contribution >= 4 is 10.9 Å². The molecule has 1 aliphatic rings. The summed E-state index contributed by atoms with van der Waals surface area (Å²) in [5.74, 6) is 1.76. The Bertz CT molecular complexity index is 591. The highest BCUT2D eigenvalue weighted by atomic mass is 16.5. The third kappa shape index (κ3) is 2.44. The first-order valence-corrected chi connectivity index (χ1v) is 7.26. The van der Waals surface area contributed by atoms with Crippen molar-refractivity contribution in [3.05, 3.63) is 35.5 Å². The highest BCUT2D eigenvalue weighted by Crippen LogP contribution is 2.30. The van der Waals surface area contributed by atoms with Crippen molar-refractivity contribution in [2.24, 2.45) is 5.92 Å². The van der Waals surface area contributed by atoms with Gasteiger partial charge in [-0.1, -0.05) is 19.8 Å². The molecule has 19 heavy (non-hydrogen) atoms. The number of rotatable bonds is 3. The molecule has 1 aliphatic carbocycles. The van der Waals surface area contributed by atoms with Crippen molar-refractivity contribution in [3.63, 3.8) is 0 Å². The van der Waals surface area contributed by atoms with Gasteiger partial charge in [0.1, 0.15) is 5.75 Å². The molecule has 1 aromatic carbocycles. The second-order valence-electron chi connectivity index (χ2n) is 5.55. The lowest BCUT2D eigenvalue weighted by Crippen LogP contribution is -2.15. The predicted molar refractivity (Wildman–Crippen MR) is 78.7 cm³/mol. The van der Waals surface area contributed by atoms with Crippen molar-refractivity contribution in [3.8, 4) is 5.75 Å². The maximum Gasteiger partial charge on any atom is 0.119 e. The van der Waals surface area contributed by atoms with Crippen LogP contribution in [0.3, 0.4) is 0 Å². The molecule has 0 spiro atoms. The summed E-state index contributed by atoms with van der Waals surface area (Å²) in [4.78, 5) is 4.83. The van der Waals surface area contributed by atoms with Crippen LogP contribution in [0.5, 0.6) is 5.75 Å². The Labute approximate surface area is 114 Å². The lowest BCUT2D eigenvalue weighted by molar-refractivity contribution is 0.415. The van der Waals surface area contributed by atoms with E-state index in [1.54, 1.807) is 7.11 Å². The Morgan fingerprint density at radius 3 is 3.00 bits per heavy atom. The summed E-state index contributed by atoms with van der Waals surface area (Å²) >= 11 is 0. The van der Waals surface area contributed by atoms with Gasteiger partial charge in [0.15, 0.2) is 0 Å². The fourth-order valence-corrected chi connectivity index (χ4v) is 3.17. The van der Waals surface area contributed by atoms with Crippen molar-refractivity contribution in [2.45, 2.75) is 39.0 Å². The number of aryl methyl sites for hydroxylation is 1. The minimum absolute atomic E-state index is 0.849. The van der Waals surface area contributed by atoms with Gasteiger partial charge in [0.2, 0.25) is 0 Å². The topological polar surface area (TPSA) is 22.1 Å². The third-order valence-electron chi connectivity index (χ3n) is 4.19. The van der Waals surface area contributed by atoms with Gasteiger partial charge < -0.3 is 4.74 Å². The molecule has 0 aliphatic heterocycles. The van der Waals surface area contributed by atoms with Crippen LogP contribution >= 0.6 is 0 Å². The SMILES string of the molecule is CCC[C@H]1CCc2nc3ccc(OC)cc3cc2C1. The lowest BCUT2D eigenvalue weighted by Gasteiger charge is -2.24. The van der Waals surface area contributed by atoms with Gasteiger partial charge in [-0.25, -0.2) is 0 Å². The quantitative estimate of drug-likeness (QED) is 0.822. The number of hydrogen-bond acceptors (Lipinski definition) is 2. The summed E-state index contributed by atoms with van der Waals surface area (Å²) in [5, 5.41) is 1.20. The molecule has 2 aromatic rings. The zero-order chi connectivity index (χ0) is 13.2. The van der Waals surface area contributed by atoms with E-state index in [2.05, 4.69) is 25.1 Å². The first kappa shape index (κ1) is 12.5. The molecule has 3 rings (SSSR count). The van der Waals surface area contributed by atoms with E-state index in [1.165, 1.54) is 42.3 Å². The molecule has 1 aromatic heterocycles. The molecule has 1 atom stereocenters. The molecule has 2 nitrogen and oxygen atoms in total. The fourth-order valence-electron chi connectivity index (χ4n) is 3.17. The second-order valence-corrected chi connectivity index (χ2v) is 5.55. The normalized spacial score (nSPS) is 18.3. The third-order valence-corrected chi connectivity index (χ3v) is 4.19.